The summed E-state index contributed by atoms with van der Waals surface area (Å²) in [6.45, 7) is 3.82. The molecule has 3 aromatic rings. The van der Waals surface area contributed by atoms with Gasteiger partial charge in [-0.3, -0.25) is 14.8 Å². The molecule has 0 aliphatic carbocycles. The van der Waals surface area contributed by atoms with Gasteiger partial charge in [0.25, 0.3) is 5.91 Å². The number of hydrogen-bond donors (Lipinski definition) is 1. The van der Waals surface area contributed by atoms with E-state index in [2.05, 4.69) is 9.88 Å². The number of nitrogens with zero attached hydrogens (tertiary/aromatic N) is 5. The third kappa shape index (κ3) is 5.37. The molecule has 0 radical (unpaired) electrons. The van der Waals surface area contributed by atoms with Crippen molar-refractivity contribution in [3.05, 3.63) is 64.9 Å². The Morgan fingerprint density at radius 1 is 1.03 bits per heavy atom. The van der Waals surface area contributed by atoms with Crippen molar-refractivity contribution < 1.29 is 18.3 Å². The molecule has 0 spiro atoms. The molecule has 1 N–H and O–H groups in total. The summed E-state index contributed by atoms with van der Waals surface area (Å²) in [5.74, 6) is -0.227. The molecule has 0 bridgehead atoms. The predicted octanol–water partition coefficient (Wildman–Crippen LogP) is 3.04. The SMILES string of the molecule is Cc1cc(N2CCC(N(C)N3CCN(S(=O)(=O)c4ccc5cc(Cl)ccc5c4)CC3=O)CC2)cc(CO)n1. The first-order chi connectivity index (χ1) is 18.2. The Hall–Kier alpha value is -2.76. The first-order valence-electron chi connectivity index (χ1n) is 12.7. The molecule has 0 saturated carbocycles. The molecule has 2 fully saturated rings. The number of aryl methyl sites for hydroxylation is 1. The fourth-order valence-corrected chi connectivity index (χ4v) is 6.96. The number of piperidine rings is 1. The molecule has 11 heteroatoms. The molecule has 2 aliphatic heterocycles. The van der Waals surface area contributed by atoms with Gasteiger partial charge in [0.1, 0.15) is 0 Å². The van der Waals surface area contributed by atoms with Gasteiger partial charge < -0.3 is 10.0 Å². The van der Waals surface area contributed by atoms with E-state index in [1.54, 1.807) is 41.4 Å². The summed E-state index contributed by atoms with van der Waals surface area (Å²) in [6, 6.07) is 14.4. The first kappa shape index (κ1) is 26.8. The highest BCUT2D eigenvalue weighted by Crippen LogP contribution is 2.27. The third-order valence-electron chi connectivity index (χ3n) is 7.46. The summed E-state index contributed by atoms with van der Waals surface area (Å²) in [5, 5.41) is 15.4. The Labute approximate surface area is 228 Å². The van der Waals surface area contributed by atoms with E-state index in [0.29, 0.717) is 17.3 Å². The fraction of sp³-hybridized carbons (Fsp3) is 0.407. The number of amides is 1. The number of hydrogen-bond acceptors (Lipinski definition) is 7. The maximum Gasteiger partial charge on any atom is 0.252 e. The molecule has 1 amide bonds. The molecule has 9 nitrogen and oxygen atoms in total. The molecule has 2 aliphatic rings. The van der Waals surface area contributed by atoms with Gasteiger partial charge in [0.05, 0.1) is 30.3 Å². The first-order valence-corrected chi connectivity index (χ1v) is 14.5. The summed E-state index contributed by atoms with van der Waals surface area (Å²) in [5.41, 5.74) is 2.58. The topological polar surface area (TPSA) is 97.3 Å². The summed E-state index contributed by atoms with van der Waals surface area (Å²) < 4.78 is 28.0. The number of rotatable bonds is 6. The lowest BCUT2D eigenvalue weighted by Crippen LogP contribution is -2.60. The highest BCUT2D eigenvalue weighted by atomic mass is 35.5. The van der Waals surface area contributed by atoms with Gasteiger partial charge >= 0.3 is 0 Å². The van der Waals surface area contributed by atoms with Gasteiger partial charge in [0.2, 0.25) is 10.0 Å². The molecular weight excluding hydrogens is 526 g/mol. The number of hydrazine groups is 1. The number of aromatic nitrogens is 1. The van der Waals surface area contributed by atoms with Crippen LogP contribution in [0.15, 0.2) is 53.4 Å². The predicted molar refractivity (Wildman–Crippen MR) is 147 cm³/mol. The van der Waals surface area contributed by atoms with E-state index in [1.165, 1.54) is 4.31 Å². The zero-order valence-corrected chi connectivity index (χ0v) is 23.1. The molecule has 202 valence electrons. The quantitative estimate of drug-likeness (QED) is 0.497. The second kappa shape index (κ2) is 10.8. The van der Waals surface area contributed by atoms with E-state index < -0.39 is 10.0 Å². The van der Waals surface area contributed by atoms with Crippen molar-refractivity contribution >= 4 is 44.0 Å². The summed E-state index contributed by atoms with van der Waals surface area (Å²) in [7, 11) is -1.90. The van der Waals surface area contributed by atoms with Gasteiger partial charge in [-0.05, 0) is 66.9 Å². The average Bonchev–Trinajstić information content (AvgIpc) is 2.92. The van der Waals surface area contributed by atoms with E-state index in [0.717, 1.165) is 48.1 Å². The van der Waals surface area contributed by atoms with Crippen LogP contribution in [0.25, 0.3) is 10.8 Å². The number of fused-ring (bicyclic) bond motifs is 1. The highest BCUT2D eigenvalue weighted by Gasteiger charge is 2.36. The molecule has 3 heterocycles. The van der Waals surface area contributed by atoms with Crippen LogP contribution < -0.4 is 4.90 Å². The number of sulfonamides is 1. The maximum atomic E-state index is 13.4. The minimum absolute atomic E-state index is 0.0899. The normalized spacial score (nSPS) is 18.1. The van der Waals surface area contributed by atoms with Gasteiger partial charge in [0, 0.05) is 49.1 Å². The molecule has 1 aromatic heterocycles. The standard InChI is InChI=1S/C27H32ClN5O4S/c1-19-13-25(16-23(18-34)29-19)31-9-7-24(8-10-31)30(2)33-12-11-32(17-27(33)35)38(36,37)26-6-4-20-14-22(28)5-3-21(20)15-26/h3-6,13-16,24,34H,7-12,17-18H2,1-2H3. The second-order valence-electron chi connectivity index (χ2n) is 9.92. The van der Waals surface area contributed by atoms with Crippen molar-refractivity contribution in [1.82, 2.24) is 19.3 Å². The second-order valence-corrected chi connectivity index (χ2v) is 12.3. The number of piperazine rings is 1. The number of carbonyl (C=O) groups is 1. The number of halogens is 1. The number of carbonyl (C=O) groups excluding carboxylic acids is 1. The van der Waals surface area contributed by atoms with Gasteiger partial charge in [-0.2, -0.15) is 4.31 Å². The Morgan fingerprint density at radius 3 is 2.45 bits per heavy atom. The Bertz CT molecular complexity index is 1460. The van der Waals surface area contributed by atoms with Crippen molar-refractivity contribution in [1.29, 1.82) is 0 Å². The Kier molecular flexibility index (Phi) is 7.61. The van der Waals surface area contributed by atoms with Crippen LogP contribution in [-0.4, -0.2) is 84.6 Å². The number of aliphatic hydroxyl groups excluding tert-OH is 1. The summed E-state index contributed by atoms with van der Waals surface area (Å²) in [6.07, 6.45) is 1.72. The van der Waals surface area contributed by atoms with Crippen molar-refractivity contribution in [2.75, 3.05) is 44.7 Å². The van der Waals surface area contributed by atoms with Crippen LogP contribution in [0.4, 0.5) is 5.69 Å². The van der Waals surface area contributed by atoms with Crippen LogP contribution in [0.5, 0.6) is 0 Å². The van der Waals surface area contributed by atoms with Crippen molar-refractivity contribution in [3.63, 3.8) is 0 Å². The Balaban J connectivity index is 1.21. The molecule has 5 rings (SSSR count). The van der Waals surface area contributed by atoms with E-state index >= 15 is 0 Å². The molecule has 38 heavy (non-hydrogen) atoms. The van der Waals surface area contributed by atoms with Crippen LogP contribution >= 0.6 is 11.6 Å². The molecule has 2 saturated heterocycles. The van der Waals surface area contributed by atoms with E-state index in [9.17, 15) is 18.3 Å². The van der Waals surface area contributed by atoms with Crippen LogP contribution in [0, 0.1) is 6.92 Å². The number of aliphatic hydroxyl groups is 1. The zero-order chi connectivity index (χ0) is 27.0. The van der Waals surface area contributed by atoms with E-state index in [-0.39, 0.29) is 36.5 Å². The van der Waals surface area contributed by atoms with Crippen LogP contribution in [-0.2, 0) is 21.4 Å². The lowest BCUT2D eigenvalue weighted by atomic mass is 10.0. The largest absolute Gasteiger partial charge is 0.390 e. The van der Waals surface area contributed by atoms with E-state index in [1.807, 2.05) is 31.1 Å². The monoisotopic (exact) mass is 557 g/mol. The summed E-state index contributed by atoms with van der Waals surface area (Å²) in [4.78, 5) is 19.9. The maximum absolute atomic E-state index is 13.4. The van der Waals surface area contributed by atoms with Gasteiger partial charge in [-0.25, -0.2) is 13.4 Å². The highest BCUT2D eigenvalue weighted by molar-refractivity contribution is 7.89. The molecular formula is C27H32ClN5O4S. The van der Waals surface area contributed by atoms with Gasteiger partial charge in [-0.1, -0.05) is 23.7 Å². The van der Waals surface area contributed by atoms with Gasteiger partial charge in [0.15, 0.2) is 0 Å². The number of anilines is 1. The minimum atomic E-state index is -3.81. The lowest BCUT2D eigenvalue weighted by Gasteiger charge is -2.45. The number of pyridine rings is 1. The fourth-order valence-electron chi connectivity index (χ4n) is 5.36. The smallest absolute Gasteiger partial charge is 0.252 e. The molecule has 2 aromatic carbocycles. The van der Waals surface area contributed by atoms with E-state index in [4.69, 9.17) is 11.6 Å². The lowest BCUT2D eigenvalue weighted by molar-refractivity contribution is -0.156. The average molecular weight is 558 g/mol. The molecule has 0 unspecified atom stereocenters. The van der Waals surface area contributed by atoms with Crippen molar-refractivity contribution in [2.24, 2.45) is 0 Å². The van der Waals surface area contributed by atoms with Crippen LogP contribution in [0.2, 0.25) is 5.02 Å². The third-order valence-corrected chi connectivity index (χ3v) is 9.54. The number of benzene rings is 2. The van der Waals surface area contributed by atoms with Crippen molar-refractivity contribution in [3.8, 4) is 0 Å². The minimum Gasteiger partial charge on any atom is -0.390 e. The van der Waals surface area contributed by atoms with Crippen molar-refractivity contribution in [2.45, 2.75) is 37.3 Å². The zero-order valence-electron chi connectivity index (χ0n) is 21.5. The summed E-state index contributed by atoms with van der Waals surface area (Å²) >= 11 is 6.05. The van der Waals surface area contributed by atoms with Crippen LogP contribution in [0.3, 0.4) is 0 Å². The Morgan fingerprint density at radius 2 is 1.74 bits per heavy atom. The molecule has 0 atom stereocenters. The van der Waals surface area contributed by atoms with Gasteiger partial charge in [-0.15, -0.1) is 0 Å². The van der Waals surface area contributed by atoms with Crippen LogP contribution in [0.1, 0.15) is 24.2 Å².